The fourth-order valence-corrected chi connectivity index (χ4v) is 3.31. The molecular formula is C19H16F2N2O2. The molecule has 4 rings (SSSR count). The van der Waals surface area contributed by atoms with Crippen LogP contribution in [0.4, 0.5) is 14.5 Å². The van der Waals surface area contributed by atoms with Crippen LogP contribution in [-0.4, -0.2) is 17.1 Å². The van der Waals surface area contributed by atoms with Gasteiger partial charge in [0, 0.05) is 34.9 Å². The van der Waals surface area contributed by atoms with Gasteiger partial charge in [-0.2, -0.15) is 8.78 Å². The van der Waals surface area contributed by atoms with Crippen LogP contribution in [0, 0.1) is 6.92 Å². The molecule has 0 saturated carbocycles. The van der Waals surface area contributed by atoms with E-state index < -0.39 is 6.61 Å². The molecule has 3 aromatic rings. The van der Waals surface area contributed by atoms with Crippen LogP contribution < -0.4 is 9.64 Å². The van der Waals surface area contributed by atoms with Gasteiger partial charge >= 0.3 is 6.61 Å². The van der Waals surface area contributed by atoms with Gasteiger partial charge in [-0.15, -0.1) is 0 Å². The van der Waals surface area contributed by atoms with Gasteiger partial charge in [0.1, 0.15) is 5.75 Å². The zero-order chi connectivity index (χ0) is 17.7. The number of aryl methyl sites for hydroxylation is 2. The minimum absolute atomic E-state index is 0.00177. The van der Waals surface area contributed by atoms with Gasteiger partial charge in [0.15, 0.2) is 0 Å². The number of anilines is 1. The van der Waals surface area contributed by atoms with E-state index in [9.17, 15) is 13.6 Å². The molecule has 25 heavy (non-hydrogen) atoms. The first-order valence-corrected chi connectivity index (χ1v) is 7.90. The number of fused-ring (bicyclic) bond motifs is 2. The summed E-state index contributed by atoms with van der Waals surface area (Å²) < 4.78 is 31.2. The lowest BCUT2D eigenvalue weighted by Crippen LogP contribution is -2.22. The molecule has 2 aromatic carbocycles. The molecule has 0 saturated heterocycles. The molecule has 0 unspecified atom stereocenters. The van der Waals surface area contributed by atoms with Crippen molar-refractivity contribution in [1.82, 2.24) is 4.57 Å². The number of hydrogen-bond donors (Lipinski definition) is 0. The molecule has 1 aliphatic rings. The monoisotopic (exact) mass is 342 g/mol. The Kier molecular flexibility index (Phi) is 3.49. The Morgan fingerprint density at radius 2 is 1.92 bits per heavy atom. The summed E-state index contributed by atoms with van der Waals surface area (Å²) >= 11 is 0. The summed E-state index contributed by atoms with van der Waals surface area (Å²) in [5.41, 5.74) is 4.23. The van der Waals surface area contributed by atoms with E-state index in [1.54, 1.807) is 11.0 Å². The van der Waals surface area contributed by atoms with Gasteiger partial charge in [-0.3, -0.25) is 4.79 Å². The molecule has 0 radical (unpaired) electrons. The van der Waals surface area contributed by atoms with Crippen LogP contribution >= 0.6 is 0 Å². The quantitative estimate of drug-likeness (QED) is 0.713. The van der Waals surface area contributed by atoms with Crippen molar-refractivity contribution in [3.8, 4) is 5.75 Å². The molecule has 0 bridgehead atoms. The molecule has 128 valence electrons. The Bertz CT molecular complexity index is 994. The number of ether oxygens (including phenoxy) is 1. The third kappa shape index (κ3) is 2.54. The summed E-state index contributed by atoms with van der Waals surface area (Å²) in [6.07, 6.45) is 0. The number of aromatic nitrogens is 1. The molecule has 1 amide bonds. The smallest absolute Gasteiger partial charge is 0.387 e. The van der Waals surface area contributed by atoms with Crippen molar-refractivity contribution < 1.29 is 18.3 Å². The summed E-state index contributed by atoms with van der Waals surface area (Å²) in [4.78, 5) is 14.4. The number of amides is 1. The van der Waals surface area contributed by atoms with Gasteiger partial charge in [0.05, 0.1) is 6.54 Å². The number of rotatable bonds is 3. The van der Waals surface area contributed by atoms with E-state index in [2.05, 4.69) is 15.4 Å². The molecule has 4 nitrogen and oxygen atoms in total. The molecule has 0 spiro atoms. The predicted molar refractivity (Wildman–Crippen MR) is 91.2 cm³/mol. The molecule has 0 atom stereocenters. The molecule has 2 heterocycles. The average molecular weight is 342 g/mol. The highest BCUT2D eigenvalue weighted by atomic mass is 19.3. The van der Waals surface area contributed by atoms with Crippen LogP contribution in [0.5, 0.6) is 5.75 Å². The number of halogens is 2. The number of nitrogens with zero attached hydrogens (tertiary/aromatic N) is 2. The normalized spacial score (nSPS) is 13.8. The second-order valence-corrected chi connectivity index (χ2v) is 6.18. The maximum absolute atomic E-state index is 12.7. The van der Waals surface area contributed by atoms with Gasteiger partial charge in [-0.1, -0.05) is 6.07 Å². The second-order valence-electron chi connectivity index (χ2n) is 6.18. The van der Waals surface area contributed by atoms with E-state index in [0.717, 1.165) is 27.8 Å². The van der Waals surface area contributed by atoms with Crippen molar-refractivity contribution in [2.45, 2.75) is 20.1 Å². The van der Waals surface area contributed by atoms with Crippen LogP contribution in [0.2, 0.25) is 0 Å². The van der Waals surface area contributed by atoms with Crippen molar-refractivity contribution in [1.29, 1.82) is 0 Å². The molecule has 0 N–H and O–H groups in total. The van der Waals surface area contributed by atoms with Gasteiger partial charge in [0.25, 0.3) is 5.91 Å². The molecule has 1 aliphatic heterocycles. The average Bonchev–Trinajstić information content (AvgIpc) is 3.04. The van der Waals surface area contributed by atoms with Crippen LogP contribution in [-0.2, 0) is 13.6 Å². The summed E-state index contributed by atoms with van der Waals surface area (Å²) in [5, 5.41) is 1.06. The lowest BCUT2D eigenvalue weighted by Gasteiger charge is -2.16. The maximum atomic E-state index is 12.7. The largest absolute Gasteiger partial charge is 0.435 e. The topological polar surface area (TPSA) is 34.5 Å². The fourth-order valence-electron chi connectivity index (χ4n) is 3.31. The minimum atomic E-state index is -2.91. The highest BCUT2D eigenvalue weighted by molar-refractivity contribution is 6.10. The van der Waals surface area contributed by atoms with Crippen molar-refractivity contribution in [2.75, 3.05) is 4.90 Å². The van der Waals surface area contributed by atoms with Crippen LogP contribution in [0.1, 0.15) is 21.6 Å². The molecule has 0 aliphatic carbocycles. The number of carbonyl (C=O) groups is 1. The van der Waals surface area contributed by atoms with E-state index in [0.29, 0.717) is 12.1 Å². The zero-order valence-corrected chi connectivity index (χ0v) is 13.8. The third-order valence-corrected chi connectivity index (χ3v) is 4.69. The van der Waals surface area contributed by atoms with E-state index >= 15 is 0 Å². The third-order valence-electron chi connectivity index (χ3n) is 4.69. The van der Waals surface area contributed by atoms with Crippen LogP contribution in [0.25, 0.3) is 10.9 Å². The first kappa shape index (κ1) is 15.6. The Balaban J connectivity index is 1.69. The Morgan fingerprint density at radius 1 is 1.12 bits per heavy atom. The van der Waals surface area contributed by atoms with Gasteiger partial charge in [0.2, 0.25) is 0 Å². The highest BCUT2D eigenvalue weighted by Gasteiger charge is 2.29. The Labute approximate surface area is 143 Å². The van der Waals surface area contributed by atoms with E-state index in [1.807, 2.05) is 32.2 Å². The molecule has 0 fully saturated rings. The lowest BCUT2D eigenvalue weighted by atomic mass is 10.1. The van der Waals surface area contributed by atoms with E-state index in [1.165, 1.54) is 12.1 Å². The van der Waals surface area contributed by atoms with Crippen LogP contribution in [0.15, 0.2) is 42.5 Å². The van der Waals surface area contributed by atoms with Crippen molar-refractivity contribution in [3.63, 3.8) is 0 Å². The van der Waals surface area contributed by atoms with Gasteiger partial charge in [-0.05, 0) is 48.9 Å². The van der Waals surface area contributed by atoms with Crippen LogP contribution in [0.3, 0.4) is 0 Å². The summed E-state index contributed by atoms with van der Waals surface area (Å²) in [7, 11) is 2.00. The Morgan fingerprint density at radius 3 is 2.68 bits per heavy atom. The van der Waals surface area contributed by atoms with E-state index in [4.69, 9.17) is 0 Å². The van der Waals surface area contributed by atoms with Gasteiger partial charge < -0.3 is 14.2 Å². The maximum Gasteiger partial charge on any atom is 0.387 e. The molecule has 6 heteroatoms. The second kappa shape index (κ2) is 5.58. The lowest BCUT2D eigenvalue weighted by molar-refractivity contribution is -0.0498. The van der Waals surface area contributed by atoms with Gasteiger partial charge in [-0.25, -0.2) is 0 Å². The first-order valence-electron chi connectivity index (χ1n) is 7.90. The zero-order valence-electron chi connectivity index (χ0n) is 13.8. The fraction of sp³-hybridized carbons (Fsp3) is 0.211. The first-order chi connectivity index (χ1) is 11.9. The number of alkyl halides is 2. The highest BCUT2D eigenvalue weighted by Crippen LogP contribution is 2.33. The molecular weight excluding hydrogens is 326 g/mol. The Hall–Kier alpha value is -2.89. The minimum Gasteiger partial charge on any atom is -0.435 e. The summed E-state index contributed by atoms with van der Waals surface area (Å²) in [6, 6.07) is 12.4. The van der Waals surface area contributed by atoms with Crippen molar-refractivity contribution in [3.05, 3.63) is 59.3 Å². The molecule has 1 aromatic heterocycles. The number of carbonyl (C=O) groups excluding carboxylic acids is 1. The van der Waals surface area contributed by atoms with Crippen molar-refractivity contribution >= 4 is 22.5 Å². The predicted octanol–water partition coefficient (Wildman–Crippen LogP) is 4.25. The standard InChI is InChI=1S/C19H16F2N2O2/c1-11-7-13-8-14(4-6-17(13)22(11)2)23-10-12-3-5-15(25-19(20)21)9-16(12)18(23)24/h3-9,19H,10H2,1-2H3. The van der Waals surface area contributed by atoms with Crippen molar-refractivity contribution in [2.24, 2.45) is 7.05 Å². The number of benzene rings is 2. The SMILES string of the molecule is Cc1cc2cc(N3Cc4ccc(OC(F)F)cc4C3=O)ccc2n1C. The summed E-state index contributed by atoms with van der Waals surface area (Å²) in [5.74, 6) is -0.209. The van der Waals surface area contributed by atoms with E-state index in [-0.39, 0.29) is 11.7 Å². The summed E-state index contributed by atoms with van der Waals surface area (Å²) in [6.45, 7) is -0.462. The number of hydrogen-bond acceptors (Lipinski definition) is 2.